The van der Waals surface area contributed by atoms with Crippen molar-refractivity contribution in [2.24, 2.45) is 0 Å². The van der Waals surface area contributed by atoms with E-state index in [2.05, 4.69) is 5.32 Å². The summed E-state index contributed by atoms with van der Waals surface area (Å²) in [6, 6.07) is 4.05. The maximum Gasteiger partial charge on any atom is 0.306 e. The van der Waals surface area contributed by atoms with Gasteiger partial charge in [-0.25, -0.2) is 0 Å². The summed E-state index contributed by atoms with van der Waals surface area (Å²) in [5.74, 6) is -1.13. The number of amides is 1. The molecule has 1 aromatic rings. The monoisotopic (exact) mass is 266 g/mol. The fourth-order valence-electron chi connectivity index (χ4n) is 1.99. The molecule has 1 aromatic heterocycles. The van der Waals surface area contributed by atoms with Crippen LogP contribution in [0.5, 0.6) is 0 Å². The minimum Gasteiger partial charge on any atom is -0.481 e. The lowest BCUT2D eigenvalue weighted by atomic mass is 10.2. The summed E-state index contributed by atoms with van der Waals surface area (Å²) >= 11 is 0. The molecule has 1 aliphatic carbocycles. The molecule has 1 fully saturated rings. The molecule has 0 radical (unpaired) electrons. The molecule has 2 rings (SSSR count). The molecule has 1 unspecified atom stereocenters. The van der Waals surface area contributed by atoms with Gasteiger partial charge in [-0.05, 0) is 25.0 Å². The SMILES string of the molecule is COC(CNC(=O)c1cccn1C1CC1)CC(=O)O. The highest BCUT2D eigenvalue weighted by atomic mass is 16.5. The van der Waals surface area contributed by atoms with Gasteiger partial charge in [-0.15, -0.1) is 0 Å². The molecule has 1 atom stereocenters. The van der Waals surface area contributed by atoms with Crippen LogP contribution in [-0.2, 0) is 9.53 Å². The first-order valence-corrected chi connectivity index (χ1v) is 6.31. The van der Waals surface area contributed by atoms with E-state index in [9.17, 15) is 9.59 Å². The molecule has 0 saturated heterocycles. The third kappa shape index (κ3) is 3.57. The quantitative estimate of drug-likeness (QED) is 0.772. The molecule has 0 aromatic carbocycles. The van der Waals surface area contributed by atoms with Gasteiger partial charge in [-0.1, -0.05) is 0 Å². The fraction of sp³-hybridized carbons (Fsp3) is 0.538. The largest absolute Gasteiger partial charge is 0.481 e. The molecular weight excluding hydrogens is 248 g/mol. The number of nitrogens with zero attached hydrogens (tertiary/aromatic N) is 1. The van der Waals surface area contributed by atoms with Gasteiger partial charge in [0.1, 0.15) is 5.69 Å². The van der Waals surface area contributed by atoms with Crippen LogP contribution in [0.25, 0.3) is 0 Å². The molecule has 1 aliphatic rings. The molecule has 2 N–H and O–H groups in total. The van der Waals surface area contributed by atoms with Gasteiger partial charge in [0, 0.05) is 25.9 Å². The van der Waals surface area contributed by atoms with E-state index in [4.69, 9.17) is 9.84 Å². The van der Waals surface area contributed by atoms with E-state index in [1.165, 1.54) is 7.11 Å². The maximum atomic E-state index is 12.0. The van der Waals surface area contributed by atoms with Gasteiger partial charge in [0.05, 0.1) is 12.5 Å². The lowest BCUT2D eigenvalue weighted by Gasteiger charge is -2.14. The van der Waals surface area contributed by atoms with Crippen molar-refractivity contribution < 1.29 is 19.4 Å². The van der Waals surface area contributed by atoms with Crippen molar-refractivity contribution in [1.29, 1.82) is 0 Å². The van der Waals surface area contributed by atoms with E-state index < -0.39 is 12.1 Å². The molecule has 0 bridgehead atoms. The molecule has 1 saturated carbocycles. The Hall–Kier alpha value is -1.82. The zero-order valence-corrected chi connectivity index (χ0v) is 10.8. The van der Waals surface area contributed by atoms with Crippen LogP contribution in [0, 0.1) is 0 Å². The highest BCUT2D eigenvalue weighted by molar-refractivity contribution is 5.92. The smallest absolute Gasteiger partial charge is 0.306 e. The van der Waals surface area contributed by atoms with Crippen molar-refractivity contribution in [2.45, 2.75) is 31.4 Å². The predicted octanol–water partition coefficient (Wildman–Crippen LogP) is 1.04. The standard InChI is InChI=1S/C13H18N2O4/c1-19-10(7-12(16)17)8-14-13(18)11-3-2-6-15(11)9-4-5-9/h2-3,6,9-10H,4-5,7-8H2,1H3,(H,14,18)(H,16,17). The van der Waals surface area contributed by atoms with Crippen molar-refractivity contribution in [3.05, 3.63) is 24.0 Å². The second kappa shape index (κ2) is 5.88. The van der Waals surface area contributed by atoms with Gasteiger partial charge >= 0.3 is 5.97 Å². The summed E-state index contributed by atoms with van der Waals surface area (Å²) in [6.07, 6.45) is 3.48. The maximum absolute atomic E-state index is 12.0. The van der Waals surface area contributed by atoms with Crippen LogP contribution in [0.15, 0.2) is 18.3 Å². The zero-order valence-electron chi connectivity index (χ0n) is 10.8. The van der Waals surface area contributed by atoms with Crippen molar-refractivity contribution in [1.82, 2.24) is 9.88 Å². The second-order valence-corrected chi connectivity index (χ2v) is 4.70. The summed E-state index contributed by atoms with van der Waals surface area (Å²) in [7, 11) is 1.44. The van der Waals surface area contributed by atoms with Crippen molar-refractivity contribution >= 4 is 11.9 Å². The van der Waals surface area contributed by atoms with Crippen LogP contribution in [0.4, 0.5) is 0 Å². The fourth-order valence-corrected chi connectivity index (χ4v) is 1.99. The molecule has 1 amide bonds. The lowest BCUT2D eigenvalue weighted by molar-refractivity contribution is -0.139. The third-order valence-electron chi connectivity index (χ3n) is 3.18. The summed E-state index contributed by atoms with van der Waals surface area (Å²) in [5, 5.41) is 11.4. The number of carboxylic acid groups (broad SMARTS) is 1. The second-order valence-electron chi connectivity index (χ2n) is 4.70. The topological polar surface area (TPSA) is 80.6 Å². The number of hydrogen-bond donors (Lipinski definition) is 2. The number of hydrogen-bond acceptors (Lipinski definition) is 3. The van der Waals surface area contributed by atoms with Crippen LogP contribution in [0.1, 0.15) is 35.8 Å². The van der Waals surface area contributed by atoms with Crippen molar-refractivity contribution in [2.75, 3.05) is 13.7 Å². The van der Waals surface area contributed by atoms with Gasteiger partial charge in [0.15, 0.2) is 0 Å². The lowest BCUT2D eigenvalue weighted by Crippen LogP contribution is -2.35. The summed E-state index contributed by atoms with van der Waals surface area (Å²) < 4.78 is 6.98. The number of carbonyl (C=O) groups excluding carboxylic acids is 1. The Morgan fingerprint density at radius 3 is 2.89 bits per heavy atom. The Morgan fingerprint density at radius 1 is 1.58 bits per heavy atom. The Balaban J connectivity index is 1.89. The van der Waals surface area contributed by atoms with Gasteiger partial charge in [-0.3, -0.25) is 9.59 Å². The average Bonchev–Trinajstić information content (AvgIpc) is 3.11. The molecule has 1 heterocycles. The van der Waals surface area contributed by atoms with Crippen LogP contribution < -0.4 is 5.32 Å². The number of rotatable bonds is 7. The number of aromatic nitrogens is 1. The van der Waals surface area contributed by atoms with E-state index in [1.54, 1.807) is 6.07 Å². The number of methoxy groups -OCH3 is 1. The van der Waals surface area contributed by atoms with E-state index in [1.807, 2.05) is 16.8 Å². The van der Waals surface area contributed by atoms with Crippen LogP contribution in [0.3, 0.4) is 0 Å². The van der Waals surface area contributed by atoms with E-state index in [0.717, 1.165) is 12.8 Å². The highest BCUT2D eigenvalue weighted by Gasteiger charge is 2.26. The Labute approximate surface area is 111 Å². The average molecular weight is 266 g/mol. The van der Waals surface area contributed by atoms with Crippen LogP contribution in [0.2, 0.25) is 0 Å². The molecular formula is C13H18N2O4. The Bertz CT molecular complexity index is 465. The normalized spacial score (nSPS) is 16.1. The van der Waals surface area contributed by atoms with Gasteiger partial charge in [0.2, 0.25) is 0 Å². The Morgan fingerprint density at radius 2 is 2.32 bits per heavy atom. The van der Waals surface area contributed by atoms with Crippen LogP contribution >= 0.6 is 0 Å². The molecule has 19 heavy (non-hydrogen) atoms. The van der Waals surface area contributed by atoms with Crippen molar-refractivity contribution in [3.8, 4) is 0 Å². The predicted molar refractivity (Wildman–Crippen MR) is 68.1 cm³/mol. The number of ether oxygens (including phenoxy) is 1. The minimum atomic E-state index is -0.942. The van der Waals surface area contributed by atoms with Gasteiger partial charge in [0.25, 0.3) is 5.91 Å². The number of nitrogens with one attached hydrogen (secondary N) is 1. The van der Waals surface area contributed by atoms with E-state index in [-0.39, 0.29) is 18.9 Å². The van der Waals surface area contributed by atoms with Gasteiger partial charge < -0.3 is 19.7 Å². The van der Waals surface area contributed by atoms with Crippen LogP contribution in [-0.4, -0.2) is 41.3 Å². The molecule has 6 heteroatoms. The van der Waals surface area contributed by atoms with Gasteiger partial charge in [-0.2, -0.15) is 0 Å². The summed E-state index contributed by atoms with van der Waals surface area (Å²) in [6.45, 7) is 0.192. The van der Waals surface area contributed by atoms with Crippen molar-refractivity contribution in [3.63, 3.8) is 0 Å². The number of carboxylic acids is 1. The highest BCUT2D eigenvalue weighted by Crippen LogP contribution is 2.35. The first-order chi connectivity index (χ1) is 9.11. The summed E-state index contributed by atoms with van der Waals surface area (Å²) in [5.41, 5.74) is 0.618. The first kappa shape index (κ1) is 13.6. The third-order valence-corrected chi connectivity index (χ3v) is 3.18. The van der Waals surface area contributed by atoms with E-state index >= 15 is 0 Å². The molecule has 104 valence electrons. The molecule has 0 aliphatic heterocycles. The number of carbonyl (C=O) groups is 2. The molecule has 0 spiro atoms. The van der Waals surface area contributed by atoms with E-state index in [0.29, 0.717) is 11.7 Å². The first-order valence-electron chi connectivity index (χ1n) is 6.31. The Kier molecular flexibility index (Phi) is 4.21. The summed E-state index contributed by atoms with van der Waals surface area (Å²) in [4.78, 5) is 22.6. The molecule has 6 nitrogen and oxygen atoms in total. The zero-order chi connectivity index (χ0) is 13.8. The minimum absolute atomic E-state index is 0.125. The number of aliphatic carboxylic acids is 1.